The van der Waals surface area contributed by atoms with Crippen LogP contribution in [0.25, 0.3) is 0 Å². The van der Waals surface area contributed by atoms with Gasteiger partial charge in [-0.3, -0.25) is 9.69 Å². The average Bonchev–Trinajstić information content (AvgIpc) is 2.39. The smallest absolute Gasteiger partial charge is 0.236 e. The van der Waals surface area contributed by atoms with Gasteiger partial charge >= 0.3 is 0 Å². The lowest BCUT2D eigenvalue weighted by Crippen LogP contribution is -2.52. The Bertz CT molecular complexity index is 324. The van der Waals surface area contributed by atoms with E-state index in [4.69, 9.17) is 5.73 Å². The van der Waals surface area contributed by atoms with Crippen LogP contribution in [0.2, 0.25) is 0 Å². The Balaban J connectivity index is 1.85. The van der Waals surface area contributed by atoms with E-state index in [1.807, 2.05) is 0 Å². The number of hydrogen-bond acceptors (Lipinski definition) is 3. The van der Waals surface area contributed by atoms with Gasteiger partial charge in [0.1, 0.15) is 0 Å². The maximum Gasteiger partial charge on any atom is 0.236 e. The van der Waals surface area contributed by atoms with E-state index < -0.39 is 0 Å². The van der Waals surface area contributed by atoms with Crippen molar-refractivity contribution < 1.29 is 4.79 Å². The molecule has 0 aromatic carbocycles. The number of rotatable bonds is 3. The zero-order valence-electron chi connectivity index (χ0n) is 13.3. The van der Waals surface area contributed by atoms with Gasteiger partial charge in [0, 0.05) is 32.2 Å². The van der Waals surface area contributed by atoms with Crippen LogP contribution in [-0.2, 0) is 4.79 Å². The van der Waals surface area contributed by atoms with Gasteiger partial charge in [0.2, 0.25) is 5.91 Å². The number of nitrogens with zero attached hydrogens (tertiary/aromatic N) is 2. The fourth-order valence-electron chi connectivity index (χ4n) is 3.86. The highest BCUT2D eigenvalue weighted by Crippen LogP contribution is 2.22. The van der Waals surface area contributed by atoms with Crippen molar-refractivity contribution in [2.45, 2.75) is 46.1 Å². The first kappa shape index (κ1) is 15.8. The molecule has 4 nitrogen and oxygen atoms in total. The van der Waals surface area contributed by atoms with Crippen LogP contribution < -0.4 is 5.73 Å². The molecule has 0 aromatic rings. The van der Waals surface area contributed by atoms with Crippen molar-refractivity contribution in [2.24, 2.45) is 23.5 Å². The second kappa shape index (κ2) is 6.90. The Hall–Kier alpha value is -0.610. The van der Waals surface area contributed by atoms with E-state index >= 15 is 0 Å². The van der Waals surface area contributed by atoms with Crippen molar-refractivity contribution in [3.8, 4) is 0 Å². The first-order valence-electron chi connectivity index (χ1n) is 8.25. The lowest BCUT2D eigenvalue weighted by Gasteiger charge is -2.39. The molecule has 2 N–H and O–H groups in total. The van der Waals surface area contributed by atoms with Crippen LogP contribution in [-0.4, -0.2) is 54.5 Å². The summed E-state index contributed by atoms with van der Waals surface area (Å²) in [5.74, 6) is 2.14. The highest BCUT2D eigenvalue weighted by molar-refractivity contribution is 5.78. The van der Waals surface area contributed by atoms with E-state index in [-0.39, 0.29) is 0 Å². The molecule has 2 aliphatic heterocycles. The summed E-state index contributed by atoms with van der Waals surface area (Å²) in [5, 5.41) is 0. The van der Waals surface area contributed by atoms with Gasteiger partial charge < -0.3 is 10.6 Å². The molecular weight excluding hydrogens is 250 g/mol. The van der Waals surface area contributed by atoms with Crippen molar-refractivity contribution in [1.82, 2.24) is 9.80 Å². The van der Waals surface area contributed by atoms with Gasteiger partial charge in [0.25, 0.3) is 0 Å². The Morgan fingerprint density at radius 3 is 2.45 bits per heavy atom. The van der Waals surface area contributed by atoms with Gasteiger partial charge in [0.15, 0.2) is 0 Å². The Morgan fingerprint density at radius 2 is 1.85 bits per heavy atom. The summed E-state index contributed by atoms with van der Waals surface area (Å²) in [4.78, 5) is 16.9. The zero-order valence-corrected chi connectivity index (χ0v) is 13.3. The fourth-order valence-corrected chi connectivity index (χ4v) is 3.86. The van der Waals surface area contributed by atoms with Gasteiger partial charge in [-0.1, -0.05) is 27.2 Å². The minimum Gasteiger partial charge on any atom is -0.341 e. The van der Waals surface area contributed by atoms with Crippen molar-refractivity contribution in [2.75, 3.05) is 32.7 Å². The minimum absolute atomic E-state index is 0.314. The molecule has 20 heavy (non-hydrogen) atoms. The summed E-state index contributed by atoms with van der Waals surface area (Å²) in [6, 6.07) is 0.321. The highest BCUT2D eigenvalue weighted by Gasteiger charge is 2.29. The average molecular weight is 281 g/mol. The number of likely N-dealkylation sites (tertiary alicyclic amines) is 2. The predicted molar refractivity (Wildman–Crippen MR) is 82.3 cm³/mol. The van der Waals surface area contributed by atoms with Gasteiger partial charge in [-0.15, -0.1) is 0 Å². The van der Waals surface area contributed by atoms with E-state index in [0.717, 1.165) is 39.0 Å². The molecule has 4 unspecified atom stereocenters. The second-order valence-electron chi connectivity index (χ2n) is 7.10. The lowest BCUT2D eigenvalue weighted by molar-refractivity contribution is -0.135. The van der Waals surface area contributed by atoms with Crippen molar-refractivity contribution in [1.29, 1.82) is 0 Å². The van der Waals surface area contributed by atoms with Gasteiger partial charge in [-0.2, -0.15) is 0 Å². The highest BCUT2D eigenvalue weighted by atomic mass is 16.2. The Kier molecular flexibility index (Phi) is 5.44. The molecule has 116 valence electrons. The molecule has 0 bridgehead atoms. The maximum atomic E-state index is 12.5. The van der Waals surface area contributed by atoms with Crippen molar-refractivity contribution >= 4 is 5.91 Å². The number of amides is 1. The third-order valence-corrected chi connectivity index (χ3v) is 4.98. The summed E-state index contributed by atoms with van der Waals surface area (Å²) in [7, 11) is 0. The molecule has 0 spiro atoms. The largest absolute Gasteiger partial charge is 0.341 e. The molecule has 0 aliphatic carbocycles. The van der Waals surface area contributed by atoms with Gasteiger partial charge in [-0.05, 0) is 30.6 Å². The van der Waals surface area contributed by atoms with E-state index in [9.17, 15) is 4.79 Å². The van der Waals surface area contributed by atoms with E-state index in [1.165, 1.54) is 6.42 Å². The molecule has 4 atom stereocenters. The summed E-state index contributed by atoms with van der Waals surface area (Å²) >= 11 is 0. The number of piperidine rings is 2. The molecule has 2 heterocycles. The third kappa shape index (κ3) is 3.95. The second-order valence-corrected chi connectivity index (χ2v) is 7.10. The normalized spacial score (nSPS) is 36.1. The van der Waals surface area contributed by atoms with E-state index in [0.29, 0.717) is 36.2 Å². The van der Waals surface area contributed by atoms with Crippen molar-refractivity contribution in [3.63, 3.8) is 0 Å². The molecular formula is C16H31N3O. The Morgan fingerprint density at radius 1 is 1.20 bits per heavy atom. The summed E-state index contributed by atoms with van der Waals surface area (Å²) in [6.07, 6.45) is 3.39. The molecule has 1 amide bonds. The SMILES string of the molecule is CCC1CN(CC(=O)N2CC(C)CC(C)C2)CCC1N. The van der Waals surface area contributed by atoms with E-state index in [2.05, 4.69) is 30.6 Å². The lowest BCUT2D eigenvalue weighted by atomic mass is 9.90. The van der Waals surface area contributed by atoms with Crippen LogP contribution in [0.15, 0.2) is 0 Å². The Labute approximate surface area is 123 Å². The quantitative estimate of drug-likeness (QED) is 0.854. The topological polar surface area (TPSA) is 49.6 Å². The zero-order chi connectivity index (χ0) is 14.7. The molecule has 0 aromatic heterocycles. The first-order chi connectivity index (χ1) is 9.49. The van der Waals surface area contributed by atoms with Crippen LogP contribution in [0.5, 0.6) is 0 Å². The number of carbonyl (C=O) groups is 1. The maximum absolute atomic E-state index is 12.5. The minimum atomic E-state index is 0.314. The molecule has 2 fully saturated rings. The summed E-state index contributed by atoms with van der Waals surface area (Å²) in [5.41, 5.74) is 6.14. The van der Waals surface area contributed by atoms with Crippen molar-refractivity contribution in [3.05, 3.63) is 0 Å². The van der Waals surface area contributed by atoms with Crippen LogP contribution >= 0.6 is 0 Å². The van der Waals surface area contributed by atoms with Crippen LogP contribution in [0, 0.1) is 17.8 Å². The fraction of sp³-hybridized carbons (Fsp3) is 0.938. The first-order valence-corrected chi connectivity index (χ1v) is 8.25. The molecule has 0 saturated carbocycles. The monoisotopic (exact) mass is 281 g/mol. The third-order valence-electron chi connectivity index (χ3n) is 4.98. The standard InChI is InChI=1S/C16H31N3O/c1-4-14-10-18(6-5-15(14)17)11-16(20)19-8-12(2)7-13(3)9-19/h12-15H,4-11,17H2,1-3H3. The number of carbonyl (C=O) groups excluding carboxylic acids is 1. The van der Waals surface area contributed by atoms with Gasteiger partial charge in [0.05, 0.1) is 6.54 Å². The molecule has 4 heteroatoms. The van der Waals surface area contributed by atoms with Crippen LogP contribution in [0.3, 0.4) is 0 Å². The van der Waals surface area contributed by atoms with E-state index in [1.54, 1.807) is 0 Å². The van der Waals surface area contributed by atoms with Crippen LogP contribution in [0.4, 0.5) is 0 Å². The number of hydrogen-bond donors (Lipinski definition) is 1. The number of nitrogens with two attached hydrogens (primary N) is 1. The van der Waals surface area contributed by atoms with Crippen LogP contribution in [0.1, 0.15) is 40.0 Å². The van der Waals surface area contributed by atoms with Gasteiger partial charge in [-0.25, -0.2) is 0 Å². The molecule has 2 rings (SSSR count). The molecule has 0 radical (unpaired) electrons. The summed E-state index contributed by atoms with van der Waals surface area (Å²) in [6.45, 7) is 11.1. The summed E-state index contributed by atoms with van der Waals surface area (Å²) < 4.78 is 0. The molecule has 2 saturated heterocycles. The molecule has 2 aliphatic rings. The predicted octanol–water partition coefficient (Wildman–Crippen LogP) is 1.55.